The molecule has 1 aliphatic rings. The molecule has 1 aliphatic heterocycles. The summed E-state index contributed by atoms with van der Waals surface area (Å²) in [6, 6.07) is 0. The van der Waals surface area contributed by atoms with E-state index in [0.717, 1.165) is 45.2 Å². The van der Waals surface area contributed by atoms with Crippen molar-refractivity contribution in [1.82, 2.24) is 4.90 Å². The SMILES string of the molecule is CC#CCCN1CCC(C=O)CC1. The predicted octanol–water partition coefficient (Wildman–Crippen LogP) is 1.31. The van der Waals surface area contributed by atoms with Gasteiger partial charge in [0.2, 0.25) is 0 Å². The van der Waals surface area contributed by atoms with Crippen molar-refractivity contribution in [2.45, 2.75) is 26.2 Å². The van der Waals surface area contributed by atoms with Crippen LogP contribution in [0.2, 0.25) is 0 Å². The molecule has 0 atom stereocenters. The minimum Gasteiger partial charge on any atom is -0.303 e. The number of rotatable bonds is 3. The zero-order valence-electron chi connectivity index (χ0n) is 8.25. The maximum Gasteiger partial charge on any atom is 0.123 e. The molecule has 0 aliphatic carbocycles. The second-order valence-electron chi connectivity index (χ2n) is 3.49. The average molecular weight is 179 g/mol. The average Bonchev–Trinajstić information content (AvgIpc) is 2.19. The molecule has 2 heteroatoms. The summed E-state index contributed by atoms with van der Waals surface area (Å²) in [4.78, 5) is 12.9. The highest BCUT2D eigenvalue weighted by Crippen LogP contribution is 2.14. The lowest BCUT2D eigenvalue weighted by Crippen LogP contribution is -2.34. The molecule has 2 nitrogen and oxygen atoms in total. The summed E-state index contributed by atoms with van der Waals surface area (Å²) < 4.78 is 0. The quantitative estimate of drug-likeness (QED) is 0.481. The van der Waals surface area contributed by atoms with Crippen molar-refractivity contribution >= 4 is 6.29 Å². The Bertz CT molecular complexity index is 206. The molecule has 72 valence electrons. The smallest absolute Gasteiger partial charge is 0.123 e. The summed E-state index contributed by atoms with van der Waals surface area (Å²) in [6.07, 6.45) is 4.12. The van der Waals surface area contributed by atoms with Gasteiger partial charge in [-0.2, -0.15) is 0 Å². The number of piperidine rings is 1. The van der Waals surface area contributed by atoms with Crippen LogP contribution in [0.5, 0.6) is 0 Å². The van der Waals surface area contributed by atoms with Crippen LogP contribution in [0.3, 0.4) is 0 Å². The topological polar surface area (TPSA) is 20.3 Å². The highest BCUT2D eigenvalue weighted by atomic mass is 16.1. The molecule has 1 saturated heterocycles. The van der Waals surface area contributed by atoms with Crippen LogP contribution >= 0.6 is 0 Å². The first-order valence-electron chi connectivity index (χ1n) is 4.94. The molecule has 0 N–H and O–H groups in total. The summed E-state index contributed by atoms with van der Waals surface area (Å²) >= 11 is 0. The molecule has 0 radical (unpaired) electrons. The lowest BCUT2D eigenvalue weighted by molar-refractivity contribution is -0.112. The fourth-order valence-electron chi connectivity index (χ4n) is 1.65. The summed E-state index contributed by atoms with van der Waals surface area (Å²) in [7, 11) is 0. The van der Waals surface area contributed by atoms with Crippen LogP contribution in [0.25, 0.3) is 0 Å². The summed E-state index contributed by atoms with van der Waals surface area (Å²) in [6.45, 7) is 5.06. The molecule has 0 aromatic carbocycles. The van der Waals surface area contributed by atoms with Crippen molar-refractivity contribution in [3.8, 4) is 11.8 Å². The van der Waals surface area contributed by atoms with Gasteiger partial charge in [-0.15, -0.1) is 11.8 Å². The Morgan fingerprint density at radius 1 is 1.46 bits per heavy atom. The van der Waals surface area contributed by atoms with Gasteiger partial charge in [0.25, 0.3) is 0 Å². The van der Waals surface area contributed by atoms with Crippen molar-refractivity contribution in [1.29, 1.82) is 0 Å². The molecule has 0 amide bonds. The van der Waals surface area contributed by atoms with E-state index in [1.54, 1.807) is 0 Å². The van der Waals surface area contributed by atoms with Crippen LogP contribution in [-0.2, 0) is 4.79 Å². The molecule has 0 saturated carbocycles. The molecule has 1 rings (SSSR count). The highest BCUT2D eigenvalue weighted by molar-refractivity contribution is 5.53. The van der Waals surface area contributed by atoms with Gasteiger partial charge >= 0.3 is 0 Å². The summed E-state index contributed by atoms with van der Waals surface area (Å²) in [5.41, 5.74) is 0. The van der Waals surface area contributed by atoms with Crippen molar-refractivity contribution in [3.05, 3.63) is 0 Å². The van der Waals surface area contributed by atoms with E-state index >= 15 is 0 Å². The van der Waals surface area contributed by atoms with E-state index in [9.17, 15) is 4.79 Å². The van der Waals surface area contributed by atoms with E-state index in [4.69, 9.17) is 0 Å². The van der Waals surface area contributed by atoms with E-state index in [2.05, 4.69) is 16.7 Å². The monoisotopic (exact) mass is 179 g/mol. The molecular formula is C11H17NO. The molecule has 0 aromatic heterocycles. The summed E-state index contributed by atoms with van der Waals surface area (Å²) in [5, 5.41) is 0. The first-order valence-corrected chi connectivity index (χ1v) is 4.94. The van der Waals surface area contributed by atoms with Crippen molar-refractivity contribution in [2.24, 2.45) is 5.92 Å². The van der Waals surface area contributed by atoms with Gasteiger partial charge in [0.15, 0.2) is 0 Å². The Morgan fingerprint density at radius 2 is 2.15 bits per heavy atom. The number of nitrogens with zero attached hydrogens (tertiary/aromatic N) is 1. The third-order valence-electron chi connectivity index (χ3n) is 2.55. The molecule has 0 aromatic rings. The fourth-order valence-corrected chi connectivity index (χ4v) is 1.65. The van der Waals surface area contributed by atoms with Gasteiger partial charge in [-0.05, 0) is 32.9 Å². The molecule has 0 spiro atoms. The second kappa shape index (κ2) is 5.77. The largest absolute Gasteiger partial charge is 0.303 e. The van der Waals surface area contributed by atoms with Crippen LogP contribution in [0.1, 0.15) is 26.2 Å². The second-order valence-corrected chi connectivity index (χ2v) is 3.49. The molecular weight excluding hydrogens is 162 g/mol. The van der Waals surface area contributed by atoms with E-state index < -0.39 is 0 Å². The zero-order chi connectivity index (χ0) is 9.52. The van der Waals surface area contributed by atoms with Gasteiger partial charge in [0, 0.05) is 18.9 Å². The standard InChI is InChI=1S/C11H17NO/c1-2-3-4-7-12-8-5-11(10-13)6-9-12/h10-11H,4-9H2,1H3. The van der Waals surface area contributed by atoms with E-state index in [0.29, 0.717) is 5.92 Å². The van der Waals surface area contributed by atoms with Gasteiger partial charge in [0.1, 0.15) is 6.29 Å². The van der Waals surface area contributed by atoms with Crippen LogP contribution in [0, 0.1) is 17.8 Å². The maximum absolute atomic E-state index is 10.5. The summed E-state index contributed by atoms with van der Waals surface area (Å²) in [5.74, 6) is 6.27. The van der Waals surface area contributed by atoms with Gasteiger partial charge in [-0.1, -0.05) is 0 Å². The van der Waals surface area contributed by atoms with E-state index in [1.165, 1.54) is 0 Å². The van der Waals surface area contributed by atoms with Crippen LogP contribution in [-0.4, -0.2) is 30.8 Å². The third-order valence-corrected chi connectivity index (χ3v) is 2.55. The number of carbonyl (C=O) groups excluding carboxylic acids is 1. The number of carbonyl (C=O) groups is 1. The van der Waals surface area contributed by atoms with Gasteiger partial charge in [0.05, 0.1) is 0 Å². The number of likely N-dealkylation sites (tertiary alicyclic amines) is 1. The molecule has 1 fully saturated rings. The predicted molar refractivity (Wildman–Crippen MR) is 53.3 cm³/mol. The van der Waals surface area contributed by atoms with Crippen LogP contribution in [0.15, 0.2) is 0 Å². The van der Waals surface area contributed by atoms with Crippen molar-refractivity contribution in [2.75, 3.05) is 19.6 Å². The molecule has 0 unspecified atom stereocenters. The Hall–Kier alpha value is -0.810. The van der Waals surface area contributed by atoms with Crippen LogP contribution < -0.4 is 0 Å². The van der Waals surface area contributed by atoms with Gasteiger partial charge < -0.3 is 9.69 Å². The lowest BCUT2D eigenvalue weighted by atomic mass is 9.98. The first-order chi connectivity index (χ1) is 6.36. The molecule has 0 bridgehead atoms. The normalized spacial score (nSPS) is 19.2. The fraction of sp³-hybridized carbons (Fsp3) is 0.727. The third kappa shape index (κ3) is 3.61. The zero-order valence-corrected chi connectivity index (χ0v) is 8.25. The maximum atomic E-state index is 10.5. The Labute approximate surface area is 80.3 Å². The van der Waals surface area contributed by atoms with Crippen molar-refractivity contribution < 1.29 is 4.79 Å². The van der Waals surface area contributed by atoms with E-state index in [1.807, 2.05) is 6.92 Å². The molecule has 1 heterocycles. The first kappa shape index (κ1) is 10.3. The van der Waals surface area contributed by atoms with E-state index in [-0.39, 0.29) is 0 Å². The highest BCUT2D eigenvalue weighted by Gasteiger charge is 2.17. The number of hydrogen-bond acceptors (Lipinski definition) is 2. The molecule has 13 heavy (non-hydrogen) atoms. The number of hydrogen-bond donors (Lipinski definition) is 0. The van der Waals surface area contributed by atoms with Gasteiger partial charge in [-0.3, -0.25) is 0 Å². The van der Waals surface area contributed by atoms with Crippen LogP contribution in [0.4, 0.5) is 0 Å². The number of aldehydes is 1. The Morgan fingerprint density at radius 3 is 2.69 bits per heavy atom. The van der Waals surface area contributed by atoms with Crippen molar-refractivity contribution in [3.63, 3.8) is 0 Å². The van der Waals surface area contributed by atoms with Gasteiger partial charge in [-0.25, -0.2) is 0 Å². The Kier molecular flexibility index (Phi) is 4.56. The minimum atomic E-state index is 0.313. The minimum absolute atomic E-state index is 0.313. The Balaban J connectivity index is 2.16. The lowest BCUT2D eigenvalue weighted by Gasteiger charge is -2.28.